The molecule has 0 bridgehead atoms. The van der Waals surface area contributed by atoms with Gasteiger partial charge in [0.25, 0.3) is 0 Å². The fourth-order valence-electron chi connectivity index (χ4n) is 2.06. The van der Waals surface area contributed by atoms with E-state index in [1.807, 2.05) is 36.4 Å². The molecule has 2 N–H and O–H groups in total. The van der Waals surface area contributed by atoms with Crippen LogP contribution in [-0.2, 0) is 9.53 Å². The number of hydrogen-bond acceptors (Lipinski definition) is 5. The monoisotopic (exact) mass is 273 g/mol. The molecule has 0 amide bonds. The van der Waals surface area contributed by atoms with Crippen LogP contribution in [0.5, 0.6) is 0 Å². The Bertz CT molecular complexity index is 709. The molecule has 2 aromatic carbocycles. The van der Waals surface area contributed by atoms with E-state index in [-0.39, 0.29) is 11.5 Å². The van der Waals surface area contributed by atoms with Gasteiger partial charge < -0.3 is 14.6 Å². The van der Waals surface area contributed by atoms with Crippen LogP contribution in [0.3, 0.4) is 0 Å². The molecule has 0 radical (unpaired) electrons. The Hall–Kier alpha value is -2.14. The molecule has 2 aromatic rings. The van der Waals surface area contributed by atoms with Crippen molar-refractivity contribution < 1.29 is 14.6 Å². The van der Waals surface area contributed by atoms with Crippen molar-refractivity contribution in [3.05, 3.63) is 47.7 Å². The standard InChI is InChI=1S/C14H11NO3S/c1-18-14(17)11-12(16)10-7-6-8-4-2-3-5-9(8)13(10)19-15-11/h2-7,15-16H,1H3. The second-order valence-corrected chi connectivity index (χ2v) is 4.90. The summed E-state index contributed by atoms with van der Waals surface area (Å²) < 4.78 is 7.47. The highest BCUT2D eigenvalue weighted by Gasteiger charge is 2.25. The number of carbonyl (C=O) groups is 1. The number of hydrogen-bond donors (Lipinski definition) is 2. The fourth-order valence-corrected chi connectivity index (χ4v) is 3.02. The quantitative estimate of drug-likeness (QED) is 0.618. The highest BCUT2D eigenvalue weighted by molar-refractivity contribution is 7.98. The Morgan fingerprint density at radius 3 is 2.84 bits per heavy atom. The zero-order valence-corrected chi connectivity index (χ0v) is 11.0. The molecule has 3 rings (SSSR count). The van der Waals surface area contributed by atoms with Crippen molar-refractivity contribution in [1.82, 2.24) is 4.72 Å². The van der Waals surface area contributed by atoms with Crippen LogP contribution in [0.4, 0.5) is 0 Å². The molecule has 0 saturated carbocycles. The van der Waals surface area contributed by atoms with Crippen molar-refractivity contribution in [2.75, 3.05) is 7.11 Å². The SMILES string of the molecule is COC(=O)C1=C(O)c2ccc3ccccc3c2SN1. The normalized spacial score (nSPS) is 13.9. The van der Waals surface area contributed by atoms with Gasteiger partial charge in [0.15, 0.2) is 11.5 Å². The summed E-state index contributed by atoms with van der Waals surface area (Å²) >= 11 is 1.31. The number of ether oxygens (including phenoxy) is 1. The van der Waals surface area contributed by atoms with Gasteiger partial charge in [0.1, 0.15) is 0 Å². The minimum atomic E-state index is -0.580. The smallest absolute Gasteiger partial charge is 0.358 e. The van der Waals surface area contributed by atoms with Crippen molar-refractivity contribution in [2.24, 2.45) is 0 Å². The van der Waals surface area contributed by atoms with Crippen molar-refractivity contribution in [3.63, 3.8) is 0 Å². The van der Waals surface area contributed by atoms with Crippen LogP contribution in [0.1, 0.15) is 5.56 Å². The van der Waals surface area contributed by atoms with Gasteiger partial charge in [-0.2, -0.15) is 0 Å². The summed E-state index contributed by atoms with van der Waals surface area (Å²) in [6.07, 6.45) is 0. The number of methoxy groups -OCH3 is 1. The van der Waals surface area contributed by atoms with E-state index in [1.165, 1.54) is 19.1 Å². The number of rotatable bonds is 1. The second-order valence-electron chi connectivity index (χ2n) is 4.08. The Labute approximate surface area is 114 Å². The van der Waals surface area contributed by atoms with Gasteiger partial charge in [-0.25, -0.2) is 4.79 Å². The molecule has 0 aliphatic carbocycles. The molecular formula is C14H11NO3S. The first-order valence-corrected chi connectivity index (χ1v) is 6.50. The molecule has 1 aliphatic heterocycles. The summed E-state index contributed by atoms with van der Waals surface area (Å²) in [5, 5.41) is 12.3. The van der Waals surface area contributed by atoms with Crippen LogP contribution in [0.25, 0.3) is 16.5 Å². The van der Waals surface area contributed by atoms with E-state index < -0.39 is 5.97 Å². The zero-order chi connectivity index (χ0) is 13.4. The molecule has 0 fully saturated rings. The number of nitrogens with one attached hydrogen (secondary N) is 1. The van der Waals surface area contributed by atoms with Gasteiger partial charge in [0, 0.05) is 10.5 Å². The largest absolute Gasteiger partial charge is 0.505 e. The van der Waals surface area contributed by atoms with Gasteiger partial charge >= 0.3 is 5.97 Å². The fraction of sp³-hybridized carbons (Fsp3) is 0.0714. The molecule has 0 aromatic heterocycles. The van der Waals surface area contributed by atoms with Crippen molar-refractivity contribution in [1.29, 1.82) is 0 Å². The van der Waals surface area contributed by atoms with Gasteiger partial charge in [0.2, 0.25) is 0 Å². The van der Waals surface area contributed by atoms with Gasteiger partial charge in [-0.3, -0.25) is 0 Å². The molecule has 0 spiro atoms. The van der Waals surface area contributed by atoms with Crippen LogP contribution >= 0.6 is 11.9 Å². The van der Waals surface area contributed by atoms with Gasteiger partial charge in [-0.05, 0) is 28.8 Å². The molecule has 0 atom stereocenters. The summed E-state index contributed by atoms with van der Waals surface area (Å²) in [5.41, 5.74) is 0.720. The topological polar surface area (TPSA) is 58.6 Å². The first kappa shape index (κ1) is 11.9. The summed E-state index contributed by atoms with van der Waals surface area (Å²) in [6, 6.07) is 11.6. The van der Waals surface area contributed by atoms with Crippen LogP contribution < -0.4 is 4.72 Å². The minimum absolute atomic E-state index is 0.0775. The van der Waals surface area contributed by atoms with Gasteiger partial charge in [0.05, 0.1) is 7.11 Å². The van der Waals surface area contributed by atoms with E-state index >= 15 is 0 Å². The lowest BCUT2D eigenvalue weighted by Crippen LogP contribution is -2.21. The number of benzene rings is 2. The van der Waals surface area contributed by atoms with Gasteiger partial charge in [-0.1, -0.05) is 30.3 Å². The molecule has 96 valence electrons. The highest BCUT2D eigenvalue weighted by Crippen LogP contribution is 2.37. The van der Waals surface area contributed by atoms with Crippen molar-refractivity contribution in [3.8, 4) is 0 Å². The zero-order valence-electron chi connectivity index (χ0n) is 10.1. The number of aliphatic hydroxyl groups is 1. The van der Waals surface area contributed by atoms with Crippen molar-refractivity contribution >= 4 is 34.4 Å². The van der Waals surface area contributed by atoms with Crippen molar-refractivity contribution in [2.45, 2.75) is 4.90 Å². The molecule has 0 saturated heterocycles. The van der Waals surface area contributed by atoms with E-state index in [4.69, 9.17) is 0 Å². The average Bonchev–Trinajstić information content (AvgIpc) is 2.46. The maximum absolute atomic E-state index is 11.5. The number of carbonyl (C=O) groups excluding carboxylic acids is 1. The molecule has 19 heavy (non-hydrogen) atoms. The maximum atomic E-state index is 11.5. The van der Waals surface area contributed by atoms with E-state index in [0.29, 0.717) is 5.56 Å². The van der Waals surface area contributed by atoms with E-state index in [1.54, 1.807) is 0 Å². The number of esters is 1. The first-order valence-electron chi connectivity index (χ1n) is 5.69. The van der Waals surface area contributed by atoms with Crippen LogP contribution in [-0.4, -0.2) is 18.2 Å². The third-order valence-corrected chi connectivity index (χ3v) is 3.97. The van der Waals surface area contributed by atoms with E-state index in [0.717, 1.165) is 15.7 Å². The van der Waals surface area contributed by atoms with Crippen LogP contribution in [0, 0.1) is 0 Å². The lowest BCUT2D eigenvalue weighted by atomic mass is 10.0. The number of aliphatic hydroxyl groups excluding tert-OH is 1. The summed E-state index contributed by atoms with van der Waals surface area (Å²) in [4.78, 5) is 12.4. The third kappa shape index (κ3) is 1.82. The van der Waals surface area contributed by atoms with Crippen LogP contribution in [0.15, 0.2) is 47.0 Å². The summed E-state index contributed by atoms with van der Waals surface area (Å²) in [7, 11) is 1.28. The summed E-state index contributed by atoms with van der Waals surface area (Å²) in [6.45, 7) is 0. The predicted octanol–water partition coefficient (Wildman–Crippen LogP) is 2.85. The van der Waals surface area contributed by atoms with Gasteiger partial charge in [-0.15, -0.1) is 0 Å². The molecule has 1 heterocycles. The third-order valence-electron chi connectivity index (χ3n) is 3.02. The molecule has 5 heteroatoms. The summed E-state index contributed by atoms with van der Waals surface area (Å²) in [5.74, 6) is -0.657. The first-order chi connectivity index (χ1) is 9.22. The average molecular weight is 273 g/mol. The lowest BCUT2D eigenvalue weighted by Gasteiger charge is -2.20. The Balaban J connectivity index is 2.24. The lowest BCUT2D eigenvalue weighted by molar-refractivity contribution is -0.136. The predicted molar refractivity (Wildman–Crippen MR) is 74.5 cm³/mol. The minimum Gasteiger partial charge on any atom is -0.505 e. The molecular weight excluding hydrogens is 262 g/mol. The second kappa shape index (κ2) is 4.51. The number of fused-ring (bicyclic) bond motifs is 3. The molecule has 0 unspecified atom stereocenters. The van der Waals surface area contributed by atoms with E-state index in [2.05, 4.69) is 9.46 Å². The molecule has 4 nitrogen and oxygen atoms in total. The van der Waals surface area contributed by atoms with E-state index in [9.17, 15) is 9.90 Å². The molecule has 1 aliphatic rings. The Kier molecular flexibility index (Phi) is 2.83. The Morgan fingerprint density at radius 2 is 2.05 bits per heavy atom. The highest BCUT2D eigenvalue weighted by atomic mass is 32.2. The maximum Gasteiger partial charge on any atom is 0.358 e. The Morgan fingerprint density at radius 1 is 1.26 bits per heavy atom. The van der Waals surface area contributed by atoms with Crippen LogP contribution in [0.2, 0.25) is 0 Å².